The van der Waals surface area contributed by atoms with E-state index in [2.05, 4.69) is 0 Å². The summed E-state index contributed by atoms with van der Waals surface area (Å²) in [6.45, 7) is 5.08. The fourth-order valence-corrected chi connectivity index (χ4v) is 2.40. The molecule has 20 heavy (non-hydrogen) atoms. The average molecular weight is 278 g/mol. The number of amides is 1. The minimum absolute atomic E-state index is 0.0286. The summed E-state index contributed by atoms with van der Waals surface area (Å²) >= 11 is 0. The molecule has 1 fully saturated rings. The molecule has 0 aromatic heterocycles. The van der Waals surface area contributed by atoms with E-state index in [-0.39, 0.29) is 30.2 Å². The monoisotopic (exact) mass is 278 g/mol. The lowest BCUT2D eigenvalue weighted by atomic mass is 10.1. The van der Waals surface area contributed by atoms with E-state index in [1.807, 2.05) is 13.8 Å². The summed E-state index contributed by atoms with van der Waals surface area (Å²) in [6.07, 6.45) is 0.344. The lowest BCUT2D eigenvalue weighted by Crippen LogP contribution is -2.48. The molecule has 0 radical (unpaired) electrons. The lowest BCUT2D eigenvalue weighted by Gasteiger charge is -2.35. The third-order valence-corrected chi connectivity index (χ3v) is 3.27. The van der Waals surface area contributed by atoms with Gasteiger partial charge in [-0.1, -0.05) is 12.1 Å². The van der Waals surface area contributed by atoms with Crippen molar-refractivity contribution in [3.05, 3.63) is 39.9 Å². The Labute approximate surface area is 117 Å². The molecule has 6 heteroatoms. The van der Waals surface area contributed by atoms with Crippen LogP contribution in [-0.2, 0) is 16.0 Å². The summed E-state index contributed by atoms with van der Waals surface area (Å²) in [6, 6.07) is 6.10. The Kier molecular flexibility index (Phi) is 4.34. The van der Waals surface area contributed by atoms with Crippen LogP contribution in [0.3, 0.4) is 0 Å². The van der Waals surface area contributed by atoms with Crippen molar-refractivity contribution in [2.24, 2.45) is 0 Å². The first-order valence-electron chi connectivity index (χ1n) is 6.62. The van der Waals surface area contributed by atoms with Crippen LogP contribution in [0.5, 0.6) is 0 Å². The topological polar surface area (TPSA) is 72.7 Å². The van der Waals surface area contributed by atoms with Crippen LogP contribution in [0.1, 0.15) is 19.4 Å². The number of morpholine rings is 1. The summed E-state index contributed by atoms with van der Waals surface area (Å²) in [5, 5.41) is 10.6. The third kappa shape index (κ3) is 3.54. The van der Waals surface area contributed by atoms with Gasteiger partial charge in [-0.3, -0.25) is 14.9 Å². The molecule has 1 aromatic carbocycles. The Morgan fingerprint density at radius 2 is 1.85 bits per heavy atom. The summed E-state index contributed by atoms with van der Waals surface area (Å²) in [4.78, 5) is 24.1. The summed E-state index contributed by atoms with van der Waals surface area (Å²) in [7, 11) is 0. The van der Waals surface area contributed by atoms with Gasteiger partial charge in [0.2, 0.25) is 5.91 Å². The lowest BCUT2D eigenvalue weighted by molar-refractivity contribution is -0.384. The maximum Gasteiger partial charge on any atom is 0.269 e. The van der Waals surface area contributed by atoms with Crippen molar-refractivity contribution >= 4 is 11.6 Å². The van der Waals surface area contributed by atoms with E-state index in [0.717, 1.165) is 5.56 Å². The molecular weight excluding hydrogens is 260 g/mol. The Bertz CT molecular complexity index is 490. The van der Waals surface area contributed by atoms with Crippen molar-refractivity contribution in [2.75, 3.05) is 13.1 Å². The number of nitrogens with zero attached hydrogens (tertiary/aromatic N) is 2. The maximum atomic E-state index is 12.2. The van der Waals surface area contributed by atoms with Crippen LogP contribution in [0.2, 0.25) is 0 Å². The van der Waals surface area contributed by atoms with Gasteiger partial charge in [0.05, 0.1) is 23.6 Å². The van der Waals surface area contributed by atoms with Crippen molar-refractivity contribution in [1.82, 2.24) is 4.90 Å². The predicted molar refractivity (Wildman–Crippen MR) is 73.4 cm³/mol. The first kappa shape index (κ1) is 14.5. The molecular formula is C14H18N2O4. The maximum absolute atomic E-state index is 12.2. The van der Waals surface area contributed by atoms with Gasteiger partial charge in [-0.05, 0) is 19.4 Å². The standard InChI is InChI=1S/C14H18N2O4/c1-10-8-15(9-11(2)20-10)14(17)7-12-3-5-13(6-4-12)16(18)19/h3-6,10-11H,7-9H2,1-2H3/t10-,11-/m1/s1. The summed E-state index contributed by atoms with van der Waals surface area (Å²) < 4.78 is 5.59. The molecule has 1 heterocycles. The number of benzene rings is 1. The van der Waals surface area contributed by atoms with Crippen molar-refractivity contribution in [1.29, 1.82) is 0 Å². The van der Waals surface area contributed by atoms with Gasteiger partial charge in [-0.2, -0.15) is 0 Å². The fraction of sp³-hybridized carbons (Fsp3) is 0.500. The number of hydrogen-bond acceptors (Lipinski definition) is 4. The van der Waals surface area contributed by atoms with Crippen molar-refractivity contribution in [3.63, 3.8) is 0 Å². The first-order chi connectivity index (χ1) is 9.45. The molecule has 1 aliphatic heterocycles. The molecule has 1 saturated heterocycles. The van der Waals surface area contributed by atoms with Gasteiger partial charge in [0.1, 0.15) is 0 Å². The molecule has 1 aliphatic rings. The third-order valence-electron chi connectivity index (χ3n) is 3.27. The molecule has 1 amide bonds. The number of non-ortho nitro benzene ring substituents is 1. The van der Waals surface area contributed by atoms with E-state index in [9.17, 15) is 14.9 Å². The summed E-state index contributed by atoms with van der Waals surface area (Å²) in [5.41, 5.74) is 0.821. The highest BCUT2D eigenvalue weighted by molar-refractivity contribution is 5.79. The van der Waals surface area contributed by atoms with Crippen LogP contribution in [0, 0.1) is 10.1 Å². The van der Waals surface area contributed by atoms with E-state index in [4.69, 9.17) is 4.74 Å². The Balaban J connectivity index is 1.98. The van der Waals surface area contributed by atoms with Crippen LogP contribution in [0.4, 0.5) is 5.69 Å². The molecule has 2 rings (SSSR count). The minimum atomic E-state index is -0.447. The minimum Gasteiger partial charge on any atom is -0.372 e. The van der Waals surface area contributed by atoms with Gasteiger partial charge in [-0.25, -0.2) is 0 Å². The fourth-order valence-electron chi connectivity index (χ4n) is 2.40. The van der Waals surface area contributed by atoms with E-state index in [1.54, 1.807) is 17.0 Å². The Morgan fingerprint density at radius 3 is 2.35 bits per heavy atom. The van der Waals surface area contributed by atoms with Crippen LogP contribution in [0.15, 0.2) is 24.3 Å². The van der Waals surface area contributed by atoms with Crippen LogP contribution in [-0.4, -0.2) is 41.0 Å². The first-order valence-corrected chi connectivity index (χ1v) is 6.62. The van der Waals surface area contributed by atoms with Gasteiger partial charge < -0.3 is 9.64 Å². The molecule has 108 valence electrons. The smallest absolute Gasteiger partial charge is 0.269 e. The number of carbonyl (C=O) groups excluding carboxylic acids is 1. The van der Waals surface area contributed by atoms with E-state index < -0.39 is 4.92 Å². The van der Waals surface area contributed by atoms with Crippen LogP contribution < -0.4 is 0 Å². The van der Waals surface area contributed by atoms with E-state index in [0.29, 0.717) is 13.1 Å². The van der Waals surface area contributed by atoms with Gasteiger partial charge in [-0.15, -0.1) is 0 Å². The molecule has 0 aliphatic carbocycles. The van der Waals surface area contributed by atoms with Crippen molar-refractivity contribution < 1.29 is 14.5 Å². The molecule has 0 unspecified atom stereocenters. The average Bonchev–Trinajstić information content (AvgIpc) is 2.38. The predicted octanol–water partition coefficient (Wildman–Crippen LogP) is 1.77. The van der Waals surface area contributed by atoms with Gasteiger partial charge in [0.15, 0.2) is 0 Å². The number of nitro groups is 1. The normalized spacial score (nSPS) is 22.6. The summed E-state index contributed by atoms with van der Waals surface area (Å²) in [5.74, 6) is 0.0286. The van der Waals surface area contributed by atoms with Gasteiger partial charge in [0.25, 0.3) is 5.69 Å². The molecule has 6 nitrogen and oxygen atoms in total. The molecule has 0 saturated carbocycles. The van der Waals surface area contributed by atoms with Crippen LogP contribution in [0.25, 0.3) is 0 Å². The molecule has 0 bridgehead atoms. The molecule has 0 spiro atoms. The number of hydrogen-bond donors (Lipinski definition) is 0. The Morgan fingerprint density at radius 1 is 1.30 bits per heavy atom. The van der Waals surface area contributed by atoms with E-state index >= 15 is 0 Å². The molecule has 0 N–H and O–H groups in total. The Hall–Kier alpha value is -1.95. The number of rotatable bonds is 3. The number of nitro benzene ring substituents is 1. The highest BCUT2D eigenvalue weighted by Crippen LogP contribution is 2.15. The zero-order chi connectivity index (χ0) is 14.7. The quantitative estimate of drug-likeness (QED) is 0.624. The molecule has 2 atom stereocenters. The van der Waals surface area contributed by atoms with E-state index in [1.165, 1.54) is 12.1 Å². The van der Waals surface area contributed by atoms with Crippen molar-refractivity contribution in [3.8, 4) is 0 Å². The highest BCUT2D eigenvalue weighted by Gasteiger charge is 2.25. The zero-order valence-corrected chi connectivity index (χ0v) is 11.6. The number of ether oxygens (including phenoxy) is 1. The second-order valence-electron chi connectivity index (χ2n) is 5.16. The SMILES string of the molecule is C[C@@H]1CN(C(=O)Cc2ccc([N+](=O)[O-])cc2)C[C@@H](C)O1. The largest absolute Gasteiger partial charge is 0.372 e. The van der Waals surface area contributed by atoms with Gasteiger partial charge >= 0.3 is 0 Å². The molecule has 1 aromatic rings. The highest BCUT2D eigenvalue weighted by atomic mass is 16.6. The second kappa shape index (κ2) is 6.00. The van der Waals surface area contributed by atoms with Crippen molar-refractivity contribution in [2.45, 2.75) is 32.5 Å². The number of carbonyl (C=O) groups is 1. The van der Waals surface area contributed by atoms with Crippen LogP contribution >= 0.6 is 0 Å². The second-order valence-corrected chi connectivity index (χ2v) is 5.16. The van der Waals surface area contributed by atoms with Gasteiger partial charge in [0, 0.05) is 25.2 Å². The zero-order valence-electron chi connectivity index (χ0n) is 11.6.